The lowest BCUT2D eigenvalue weighted by Crippen LogP contribution is -2.16. The van der Waals surface area contributed by atoms with Crippen LogP contribution in [0.4, 0.5) is 0 Å². The molecule has 0 N–H and O–H groups in total. The topological polar surface area (TPSA) is 41.6 Å². The number of halogens is 2. The molecule has 3 rings (SSSR count). The average molecular weight is 356 g/mol. The van der Waals surface area contributed by atoms with E-state index >= 15 is 0 Å². The van der Waals surface area contributed by atoms with Gasteiger partial charge in [0.1, 0.15) is 0 Å². The first-order valence-electron chi connectivity index (χ1n) is 7.54. The van der Waals surface area contributed by atoms with E-state index in [0.717, 1.165) is 11.1 Å². The van der Waals surface area contributed by atoms with Crippen molar-refractivity contribution in [1.82, 2.24) is 9.55 Å². The van der Waals surface area contributed by atoms with E-state index in [9.17, 15) is 5.26 Å². The molecule has 0 bridgehead atoms. The van der Waals surface area contributed by atoms with Crippen molar-refractivity contribution in [2.75, 3.05) is 0 Å². The molecule has 1 heterocycles. The fourth-order valence-electron chi connectivity index (χ4n) is 2.86. The van der Waals surface area contributed by atoms with Crippen molar-refractivity contribution in [2.24, 2.45) is 0 Å². The predicted molar refractivity (Wildman–Crippen MR) is 96.2 cm³/mol. The van der Waals surface area contributed by atoms with Gasteiger partial charge in [-0.1, -0.05) is 59.6 Å². The van der Waals surface area contributed by atoms with E-state index in [4.69, 9.17) is 23.2 Å². The smallest absolute Gasteiger partial charge is 0.0946 e. The van der Waals surface area contributed by atoms with Gasteiger partial charge in [-0.15, -0.1) is 0 Å². The highest BCUT2D eigenvalue weighted by Crippen LogP contribution is 2.38. The van der Waals surface area contributed by atoms with Crippen molar-refractivity contribution in [3.8, 4) is 6.07 Å². The highest BCUT2D eigenvalue weighted by Gasteiger charge is 2.27. The lowest BCUT2D eigenvalue weighted by atomic mass is 9.82. The lowest BCUT2D eigenvalue weighted by Gasteiger charge is -2.24. The minimum atomic E-state index is -0.389. The summed E-state index contributed by atoms with van der Waals surface area (Å²) < 4.78 is 1.98. The van der Waals surface area contributed by atoms with Crippen LogP contribution in [0.1, 0.15) is 23.0 Å². The summed E-state index contributed by atoms with van der Waals surface area (Å²) in [4.78, 5) is 4.09. The molecule has 3 nitrogen and oxygen atoms in total. The van der Waals surface area contributed by atoms with Crippen molar-refractivity contribution in [3.63, 3.8) is 0 Å². The fraction of sp³-hybridized carbons (Fsp3) is 0.158. The van der Waals surface area contributed by atoms with Crippen LogP contribution in [0.25, 0.3) is 0 Å². The molecule has 0 saturated heterocycles. The van der Waals surface area contributed by atoms with E-state index in [1.54, 1.807) is 24.7 Å². The molecule has 0 radical (unpaired) electrons. The number of aromatic nitrogens is 2. The van der Waals surface area contributed by atoms with Crippen LogP contribution in [0.5, 0.6) is 0 Å². The zero-order valence-corrected chi connectivity index (χ0v) is 14.3. The van der Waals surface area contributed by atoms with Crippen LogP contribution in [0.15, 0.2) is 67.3 Å². The number of hydrogen-bond donors (Lipinski definition) is 0. The SMILES string of the molecule is N#CC(c1ccc(Cl)cc1Cl)C(Cn1ccnc1)c1ccccc1. The van der Waals surface area contributed by atoms with E-state index in [1.165, 1.54) is 0 Å². The Balaban J connectivity index is 2.03. The average Bonchev–Trinajstić information content (AvgIpc) is 3.10. The minimum absolute atomic E-state index is 0.0518. The first-order valence-corrected chi connectivity index (χ1v) is 8.30. The quantitative estimate of drug-likeness (QED) is 0.624. The summed E-state index contributed by atoms with van der Waals surface area (Å²) in [7, 11) is 0. The van der Waals surface area contributed by atoms with Gasteiger partial charge in [0.2, 0.25) is 0 Å². The normalized spacial score (nSPS) is 13.2. The summed E-state index contributed by atoms with van der Waals surface area (Å²) in [6, 6.07) is 17.7. The zero-order chi connectivity index (χ0) is 16.9. The standard InChI is InChI=1S/C19H15Cl2N3/c20-15-6-7-16(19(21)10-15)17(11-22)18(12-24-9-8-23-13-24)14-4-2-1-3-5-14/h1-10,13,17-18H,12H2. The molecule has 0 aliphatic carbocycles. The molecule has 0 fully saturated rings. The lowest BCUT2D eigenvalue weighted by molar-refractivity contribution is 0.523. The molecule has 5 heteroatoms. The maximum Gasteiger partial charge on any atom is 0.0946 e. The van der Waals surface area contributed by atoms with E-state index < -0.39 is 0 Å². The largest absolute Gasteiger partial charge is 0.337 e. The molecule has 0 spiro atoms. The number of nitriles is 1. The van der Waals surface area contributed by atoms with Gasteiger partial charge in [0.25, 0.3) is 0 Å². The molecule has 0 aliphatic rings. The summed E-state index contributed by atoms with van der Waals surface area (Å²) in [6.07, 6.45) is 5.39. The Hall–Kier alpha value is -2.28. The van der Waals surface area contributed by atoms with Gasteiger partial charge in [-0.05, 0) is 23.3 Å². The third kappa shape index (κ3) is 3.62. The summed E-state index contributed by atoms with van der Waals surface area (Å²) in [5.41, 5.74) is 1.88. The van der Waals surface area contributed by atoms with Crippen LogP contribution in [-0.2, 0) is 6.54 Å². The van der Waals surface area contributed by atoms with Crippen molar-refractivity contribution in [1.29, 1.82) is 5.26 Å². The van der Waals surface area contributed by atoms with Gasteiger partial charge in [0, 0.05) is 34.9 Å². The molecule has 0 aliphatic heterocycles. The van der Waals surface area contributed by atoms with Crippen LogP contribution < -0.4 is 0 Å². The first kappa shape index (κ1) is 16.6. The van der Waals surface area contributed by atoms with Gasteiger partial charge < -0.3 is 4.57 Å². The molecular weight excluding hydrogens is 341 g/mol. The molecule has 120 valence electrons. The monoisotopic (exact) mass is 355 g/mol. The molecular formula is C19H15Cl2N3. The Kier molecular flexibility index (Phi) is 5.20. The minimum Gasteiger partial charge on any atom is -0.337 e. The molecule has 0 saturated carbocycles. The highest BCUT2D eigenvalue weighted by atomic mass is 35.5. The maximum absolute atomic E-state index is 9.87. The number of benzene rings is 2. The molecule has 1 aromatic heterocycles. The number of nitrogens with zero attached hydrogens (tertiary/aromatic N) is 3. The molecule has 24 heavy (non-hydrogen) atoms. The van der Waals surface area contributed by atoms with Crippen molar-refractivity contribution in [3.05, 3.63) is 88.4 Å². The van der Waals surface area contributed by atoms with Gasteiger partial charge in [-0.2, -0.15) is 5.26 Å². The van der Waals surface area contributed by atoms with Gasteiger partial charge in [0.05, 0.1) is 18.3 Å². The van der Waals surface area contributed by atoms with E-state index in [1.807, 2.05) is 47.2 Å². The first-order chi connectivity index (χ1) is 11.7. The number of imidazole rings is 1. The Bertz CT molecular complexity index is 839. The van der Waals surface area contributed by atoms with Gasteiger partial charge >= 0.3 is 0 Å². The summed E-state index contributed by atoms with van der Waals surface area (Å²) in [5, 5.41) is 10.9. The Morgan fingerprint density at radius 3 is 2.54 bits per heavy atom. The Morgan fingerprint density at radius 2 is 1.92 bits per heavy atom. The third-order valence-corrected chi connectivity index (χ3v) is 4.60. The van der Waals surface area contributed by atoms with Gasteiger partial charge in [0.15, 0.2) is 0 Å². The number of hydrogen-bond acceptors (Lipinski definition) is 2. The van der Waals surface area contributed by atoms with Crippen LogP contribution >= 0.6 is 23.2 Å². The van der Waals surface area contributed by atoms with Gasteiger partial charge in [-0.25, -0.2) is 4.98 Å². The second-order valence-corrected chi connectivity index (χ2v) is 6.39. The van der Waals surface area contributed by atoms with Gasteiger partial charge in [-0.3, -0.25) is 0 Å². The van der Waals surface area contributed by atoms with Crippen molar-refractivity contribution >= 4 is 23.2 Å². The Morgan fingerprint density at radius 1 is 1.12 bits per heavy atom. The van der Waals surface area contributed by atoms with Crippen LogP contribution in [0, 0.1) is 11.3 Å². The van der Waals surface area contributed by atoms with Crippen LogP contribution in [-0.4, -0.2) is 9.55 Å². The second-order valence-electron chi connectivity index (χ2n) is 5.55. The second kappa shape index (κ2) is 7.53. The van der Waals surface area contributed by atoms with E-state index in [2.05, 4.69) is 11.1 Å². The maximum atomic E-state index is 9.87. The van der Waals surface area contributed by atoms with Crippen molar-refractivity contribution < 1.29 is 0 Å². The van der Waals surface area contributed by atoms with Crippen molar-refractivity contribution in [2.45, 2.75) is 18.4 Å². The molecule has 0 amide bonds. The molecule has 3 aromatic rings. The summed E-state index contributed by atoms with van der Waals surface area (Å²) in [5.74, 6) is -0.441. The van der Waals surface area contributed by atoms with E-state index in [-0.39, 0.29) is 11.8 Å². The molecule has 2 aromatic carbocycles. The highest BCUT2D eigenvalue weighted by molar-refractivity contribution is 6.35. The van der Waals surface area contributed by atoms with Crippen LogP contribution in [0.2, 0.25) is 10.0 Å². The molecule has 2 unspecified atom stereocenters. The number of rotatable bonds is 5. The summed E-state index contributed by atoms with van der Waals surface area (Å²) in [6.45, 7) is 0.640. The zero-order valence-electron chi connectivity index (χ0n) is 12.8. The molecule has 2 atom stereocenters. The summed E-state index contributed by atoms with van der Waals surface area (Å²) >= 11 is 12.4. The third-order valence-electron chi connectivity index (χ3n) is 4.03. The Labute approximate surface area is 151 Å². The predicted octanol–water partition coefficient (Wildman–Crippen LogP) is 5.28. The fourth-order valence-corrected chi connectivity index (χ4v) is 3.38. The van der Waals surface area contributed by atoms with Crippen LogP contribution in [0.3, 0.4) is 0 Å². The van der Waals surface area contributed by atoms with E-state index in [0.29, 0.717) is 16.6 Å².